The number of carbonyl (C=O) groups excluding carboxylic acids is 5. The predicted molar refractivity (Wildman–Crippen MR) is 226 cm³/mol. The molecule has 322 valence electrons. The third-order valence-corrected chi connectivity index (χ3v) is 14.0. The van der Waals surface area contributed by atoms with Crippen LogP contribution in [-0.2, 0) is 40.6 Å². The average molecular weight is 833 g/mol. The van der Waals surface area contributed by atoms with Crippen molar-refractivity contribution in [3.8, 4) is 17.2 Å². The summed E-state index contributed by atoms with van der Waals surface area (Å²) >= 11 is 0. The topological polar surface area (TPSA) is 163 Å². The summed E-state index contributed by atoms with van der Waals surface area (Å²) < 4.78 is 6.22. The van der Waals surface area contributed by atoms with Crippen LogP contribution in [0.25, 0.3) is 0 Å². The van der Waals surface area contributed by atoms with Crippen molar-refractivity contribution in [3.05, 3.63) is 81.4 Å². The number of nitrogens with zero attached hydrogens (tertiary/aromatic N) is 5. The number of phenols is 2. The van der Waals surface area contributed by atoms with Crippen molar-refractivity contribution < 1.29 is 38.9 Å². The number of nitrogens with one attached hydrogen (secondary N) is 1. The van der Waals surface area contributed by atoms with Crippen LogP contribution in [0.15, 0.2) is 42.5 Å². The van der Waals surface area contributed by atoms with Gasteiger partial charge in [-0.25, -0.2) is 0 Å². The molecule has 0 aromatic heterocycles. The lowest BCUT2D eigenvalue weighted by atomic mass is 9.90. The Morgan fingerprint density at radius 1 is 0.770 bits per heavy atom. The number of hydrogen-bond donors (Lipinski definition) is 3. The molecule has 1 aliphatic carbocycles. The van der Waals surface area contributed by atoms with Crippen LogP contribution < -0.4 is 15.0 Å². The minimum absolute atomic E-state index is 0.0110. The maximum Gasteiger partial charge on any atom is 0.262 e. The molecule has 0 radical (unpaired) electrons. The number of likely N-dealkylation sites (tertiary alicyclic amines) is 1. The molecule has 1 saturated carbocycles. The lowest BCUT2D eigenvalue weighted by Gasteiger charge is -2.39. The van der Waals surface area contributed by atoms with Gasteiger partial charge in [-0.3, -0.25) is 34.2 Å². The quantitative estimate of drug-likeness (QED) is 0.255. The van der Waals surface area contributed by atoms with Gasteiger partial charge in [-0.1, -0.05) is 37.5 Å². The molecular weight excluding hydrogens is 777 g/mol. The van der Waals surface area contributed by atoms with E-state index in [9.17, 15) is 34.2 Å². The summed E-state index contributed by atoms with van der Waals surface area (Å²) in [7, 11) is 0. The highest BCUT2D eigenvalue weighted by Crippen LogP contribution is 2.41. The van der Waals surface area contributed by atoms with Crippen molar-refractivity contribution in [2.75, 3.05) is 50.8 Å². The number of hydrogen-bond acceptors (Lipinski definition) is 10. The van der Waals surface area contributed by atoms with Crippen molar-refractivity contribution in [2.45, 2.75) is 96.9 Å². The van der Waals surface area contributed by atoms with E-state index in [2.05, 4.69) is 33.3 Å². The molecule has 5 amide bonds. The van der Waals surface area contributed by atoms with Crippen LogP contribution in [0.1, 0.15) is 106 Å². The summed E-state index contributed by atoms with van der Waals surface area (Å²) in [4.78, 5) is 74.9. The lowest BCUT2D eigenvalue weighted by Crippen LogP contribution is -2.52. The number of fused-ring (bicyclic) bond motifs is 2. The average Bonchev–Trinajstić information content (AvgIpc) is 3.84. The molecule has 0 bridgehead atoms. The fourth-order valence-corrected chi connectivity index (χ4v) is 10.3. The number of amides is 5. The Hall–Kier alpha value is -5.63. The SMILES string of the molecule is Cc1c(O)cc(O)c(C(=O)N2Cc3ccc(CN4CCC(C(=O)N5CCN(c6ccc7c(c6)CN(C6CCC(=O)NC6=O)C7=O)CC5)CC4)cc3C2)c1OCC1CCCCC1. The second-order valence-corrected chi connectivity index (χ2v) is 17.9. The molecule has 3 aromatic carbocycles. The summed E-state index contributed by atoms with van der Waals surface area (Å²) in [5.74, 6) is -0.703. The highest BCUT2D eigenvalue weighted by molar-refractivity contribution is 6.05. The maximum atomic E-state index is 14.0. The summed E-state index contributed by atoms with van der Waals surface area (Å²) in [5, 5.41) is 23.8. The Bertz CT molecular complexity index is 2240. The van der Waals surface area contributed by atoms with Gasteiger partial charge in [0.25, 0.3) is 11.8 Å². The molecule has 3 aromatic rings. The predicted octanol–water partition coefficient (Wildman–Crippen LogP) is 4.84. The summed E-state index contributed by atoms with van der Waals surface area (Å²) in [6.07, 6.45) is 7.87. The van der Waals surface area contributed by atoms with E-state index < -0.39 is 11.9 Å². The Morgan fingerprint density at radius 3 is 2.28 bits per heavy atom. The number of ether oxygens (including phenoxy) is 1. The minimum Gasteiger partial charge on any atom is -0.507 e. The van der Waals surface area contributed by atoms with E-state index >= 15 is 0 Å². The van der Waals surface area contributed by atoms with Crippen LogP contribution >= 0.6 is 0 Å². The molecule has 1 atom stereocenters. The Morgan fingerprint density at radius 2 is 1.52 bits per heavy atom. The molecule has 3 N–H and O–H groups in total. The summed E-state index contributed by atoms with van der Waals surface area (Å²) in [5.41, 5.74) is 6.35. The van der Waals surface area contributed by atoms with Gasteiger partial charge in [0, 0.05) is 87.6 Å². The van der Waals surface area contributed by atoms with Gasteiger partial charge in [-0.05, 0) is 98.5 Å². The smallest absolute Gasteiger partial charge is 0.262 e. The van der Waals surface area contributed by atoms with Gasteiger partial charge in [0.15, 0.2) is 0 Å². The highest BCUT2D eigenvalue weighted by Gasteiger charge is 2.40. The second-order valence-electron chi connectivity index (χ2n) is 17.9. The maximum absolute atomic E-state index is 14.0. The summed E-state index contributed by atoms with van der Waals surface area (Å²) in [6, 6.07) is 12.8. The van der Waals surface area contributed by atoms with Crippen molar-refractivity contribution in [1.29, 1.82) is 0 Å². The number of benzene rings is 3. The van der Waals surface area contributed by atoms with Crippen molar-refractivity contribution in [1.82, 2.24) is 24.9 Å². The Labute approximate surface area is 356 Å². The number of carbonyl (C=O) groups is 5. The first-order valence-electron chi connectivity index (χ1n) is 22.1. The number of piperidine rings is 2. The zero-order chi connectivity index (χ0) is 42.4. The fourth-order valence-electron chi connectivity index (χ4n) is 10.3. The molecule has 0 spiro atoms. The van der Waals surface area contributed by atoms with Gasteiger partial charge in [0.2, 0.25) is 17.7 Å². The van der Waals surface area contributed by atoms with Crippen LogP contribution in [-0.4, -0.2) is 111 Å². The second kappa shape index (κ2) is 17.0. The molecule has 14 nitrogen and oxygen atoms in total. The minimum atomic E-state index is -0.641. The number of phenolic OH excluding ortho intramolecular Hbond substituents is 2. The third kappa shape index (κ3) is 8.26. The van der Waals surface area contributed by atoms with Gasteiger partial charge >= 0.3 is 0 Å². The fraction of sp³-hybridized carbons (Fsp3) is 0.511. The molecule has 5 heterocycles. The third-order valence-electron chi connectivity index (χ3n) is 14.0. The highest BCUT2D eigenvalue weighted by atomic mass is 16.5. The Balaban J connectivity index is 0.750. The van der Waals surface area contributed by atoms with Gasteiger partial charge in [-0.2, -0.15) is 0 Å². The first-order chi connectivity index (χ1) is 29.5. The lowest BCUT2D eigenvalue weighted by molar-refractivity contribution is -0.138. The van der Waals surface area contributed by atoms with Gasteiger partial charge < -0.3 is 34.5 Å². The molecule has 1 unspecified atom stereocenters. The standard InChI is InChI=1S/C47H56N6O8/c1-29-39(54)23-40(55)42(43(29)61-28-30-5-3-2-4-6-30)47(60)52-25-33-8-7-31(21-34(33)26-52)24-49-15-13-32(14-16-49)45(58)51-19-17-50(18-20-51)36-9-10-37-35(22-36)27-53(46(37)59)38-11-12-41(56)48-44(38)57/h7-10,21-23,30,32,38,54-55H,2-6,11-20,24-28H2,1H3,(H,48,56,57). The van der Waals surface area contributed by atoms with Crippen LogP contribution in [0, 0.1) is 18.8 Å². The van der Waals surface area contributed by atoms with Crippen molar-refractivity contribution in [3.63, 3.8) is 0 Å². The molecule has 14 heteroatoms. The zero-order valence-corrected chi connectivity index (χ0v) is 35.0. The summed E-state index contributed by atoms with van der Waals surface area (Å²) in [6.45, 7) is 8.42. The van der Waals surface area contributed by atoms with Crippen molar-refractivity contribution >= 4 is 35.2 Å². The number of rotatable bonds is 9. The number of piperazine rings is 1. The number of anilines is 1. The van der Waals surface area contributed by atoms with E-state index in [4.69, 9.17) is 4.74 Å². The van der Waals surface area contributed by atoms with E-state index in [1.165, 1.54) is 25.3 Å². The molecule has 3 saturated heterocycles. The van der Waals surface area contributed by atoms with E-state index in [1.54, 1.807) is 16.7 Å². The molecule has 9 rings (SSSR count). The van der Waals surface area contributed by atoms with Crippen LogP contribution in [0.2, 0.25) is 0 Å². The van der Waals surface area contributed by atoms with Gasteiger partial charge in [0.05, 0.1) is 6.61 Å². The van der Waals surface area contributed by atoms with Crippen LogP contribution in [0.3, 0.4) is 0 Å². The molecule has 5 aliphatic heterocycles. The number of aromatic hydroxyl groups is 2. The van der Waals surface area contributed by atoms with Crippen LogP contribution in [0.4, 0.5) is 5.69 Å². The van der Waals surface area contributed by atoms with Gasteiger partial charge in [-0.15, -0.1) is 0 Å². The van der Waals surface area contributed by atoms with Crippen LogP contribution in [0.5, 0.6) is 17.2 Å². The molecule has 61 heavy (non-hydrogen) atoms. The normalized spacial score (nSPS) is 21.5. The van der Waals surface area contributed by atoms with E-state index in [0.717, 1.165) is 73.3 Å². The van der Waals surface area contributed by atoms with Crippen molar-refractivity contribution in [2.24, 2.45) is 11.8 Å². The van der Waals surface area contributed by atoms with E-state index in [1.807, 2.05) is 23.1 Å². The Kier molecular flexibility index (Phi) is 11.4. The van der Waals surface area contributed by atoms with E-state index in [0.29, 0.717) is 75.9 Å². The first-order valence-corrected chi connectivity index (χ1v) is 22.1. The molecular formula is C47H56N6O8. The monoisotopic (exact) mass is 832 g/mol. The molecule has 4 fully saturated rings. The first kappa shape index (κ1) is 40.8. The molecule has 6 aliphatic rings. The largest absolute Gasteiger partial charge is 0.507 e. The number of imide groups is 1. The van der Waals surface area contributed by atoms with Gasteiger partial charge in [0.1, 0.15) is 28.9 Å². The van der Waals surface area contributed by atoms with E-state index in [-0.39, 0.29) is 58.8 Å². The zero-order valence-electron chi connectivity index (χ0n) is 35.0.